The van der Waals surface area contributed by atoms with Crippen LogP contribution in [0.2, 0.25) is 0 Å². The summed E-state index contributed by atoms with van der Waals surface area (Å²) >= 11 is 0. The molecule has 0 saturated carbocycles. The van der Waals surface area contributed by atoms with E-state index in [1.54, 1.807) is 0 Å². The molecule has 1 unspecified atom stereocenters. The summed E-state index contributed by atoms with van der Waals surface area (Å²) in [4.78, 5) is 36.8. The van der Waals surface area contributed by atoms with Crippen LogP contribution in [0.1, 0.15) is 23.0 Å². The molecule has 1 saturated heterocycles. The highest BCUT2D eigenvalue weighted by Gasteiger charge is 2.35. The highest BCUT2D eigenvalue weighted by molar-refractivity contribution is 5.93. The fourth-order valence-electron chi connectivity index (χ4n) is 2.05. The molecule has 2 rings (SSSR count). The molecule has 20 heavy (non-hydrogen) atoms. The SMILES string of the molecule is CNC(=O)c1cn([C@H]2CC(O)[C@@H](CO)O2)c(=O)[nH]c1=O. The Hall–Kier alpha value is -1.97. The highest BCUT2D eigenvalue weighted by Crippen LogP contribution is 2.27. The Balaban J connectivity index is 2.40. The molecular weight excluding hydrogens is 270 g/mol. The fraction of sp³-hybridized carbons (Fsp3) is 0.545. The van der Waals surface area contributed by atoms with E-state index in [1.165, 1.54) is 7.05 Å². The summed E-state index contributed by atoms with van der Waals surface area (Å²) in [6.45, 7) is -0.391. The van der Waals surface area contributed by atoms with Crippen LogP contribution in [0.25, 0.3) is 0 Å². The molecule has 3 atom stereocenters. The fourth-order valence-corrected chi connectivity index (χ4v) is 2.05. The topological polar surface area (TPSA) is 134 Å². The zero-order valence-electron chi connectivity index (χ0n) is 10.7. The number of nitrogens with one attached hydrogen (secondary N) is 2. The molecular formula is C11H15N3O6. The first kappa shape index (κ1) is 14.4. The van der Waals surface area contributed by atoms with Crippen molar-refractivity contribution in [2.24, 2.45) is 0 Å². The molecule has 110 valence electrons. The van der Waals surface area contributed by atoms with Crippen molar-refractivity contribution in [3.8, 4) is 0 Å². The second-order valence-corrected chi connectivity index (χ2v) is 4.40. The Morgan fingerprint density at radius 3 is 2.85 bits per heavy atom. The number of amides is 1. The normalized spacial score (nSPS) is 25.6. The largest absolute Gasteiger partial charge is 0.394 e. The van der Waals surface area contributed by atoms with Gasteiger partial charge in [0.1, 0.15) is 17.9 Å². The summed E-state index contributed by atoms with van der Waals surface area (Å²) in [6.07, 6.45) is -1.42. The summed E-state index contributed by atoms with van der Waals surface area (Å²) in [5.41, 5.74) is -1.79. The van der Waals surface area contributed by atoms with Gasteiger partial charge in [0.2, 0.25) is 0 Å². The first-order valence-corrected chi connectivity index (χ1v) is 5.99. The predicted molar refractivity (Wildman–Crippen MR) is 66.3 cm³/mol. The van der Waals surface area contributed by atoms with Crippen molar-refractivity contribution in [1.82, 2.24) is 14.9 Å². The van der Waals surface area contributed by atoms with Crippen molar-refractivity contribution in [1.29, 1.82) is 0 Å². The molecule has 0 bridgehead atoms. The van der Waals surface area contributed by atoms with Gasteiger partial charge in [-0.2, -0.15) is 0 Å². The first-order valence-electron chi connectivity index (χ1n) is 5.99. The molecule has 9 nitrogen and oxygen atoms in total. The Kier molecular flexibility index (Phi) is 4.02. The van der Waals surface area contributed by atoms with Gasteiger partial charge < -0.3 is 20.3 Å². The maximum absolute atomic E-state index is 11.7. The molecule has 1 fully saturated rings. The van der Waals surface area contributed by atoms with Gasteiger partial charge in [-0.05, 0) is 0 Å². The number of nitrogens with zero attached hydrogens (tertiary/aromatic N) is 1. The Labute approximate surface area is 112 Å². The molecule has 1 aliphatic rings. The van der Waals surface area contributed by atoms with Crippen LogP contribution in [-0.4, -0.2) is 51.5 Å². The maximum atomic E-state index is 11.7. The van der Waals surface area contributed by atoms with E-state index in [4.69, 9.17) is 9.84 Å². The lowest BCUT2D eigenvalue weighted by molar-refractivity contribution is -0.0459. The van der Waals surface area contributed by atoms with Crippen molar-refractivity contribution in [2.75, 3.05) is 13.7 Å². The number of aromatic amines is 1. The van der Waals surface area contributed by atoms with Gasteiger partial charge in [-0.25, -0.2) is 4.79 Å². The lowest BCUT2D eigenvalue weighted by Gasteiger charge is -2.14. The number of rotatable bonds is 3. The highest BCUT2D eigenvalue weighted by atomic mass is 16.5. The number of ether oxygens (including phenoxy) is 1. The van der Waals surface area contributed by atoms with Crippen LogP contribution in [0.15, 0.2) is 15.8 Å². The summed E-state index contributed by atoms with van der Waals surface area (Å²) in [7, 11) is 1.36. The molecule has 0 aromatic carbocycles. The van der Waals surface area contributed by atoms with Gasteiger partial charge in [0, 0.05) is 19.7 Å². The van der Waals surface area contributed by atoms with Gasteiger partial charge in [0.05, 0.1) is 12.7 Å². The average Bonchev–Trinajstić information content (AvgIpc) is 2.79. The van der Waals surface area contributed by atoms with Crippen LogP contribution in [0.3, 0.4) is 0 Å². The molecule has 2 heterocycles. The van der Waals surface area contributed by atoms with E-state index in [-0.39, 0.29) is 12.0 Å². The number of aromatic nitrogens is 2. The zero-order valence-corrected chi connectivity index (χ0v) is 10.7. The predicted octanol–water partition coefficient (Wildman–Crippen LogP) is -2.46. The Bertz CT molecular complexity index is 621. The van der Waals surface area contributed by atoms with Gasteiger partial charge in [0.15, 0.2) is 0 Å². The smallest absolute Gasteiger partial charge is 0.330 e. The van der Waals surface area contributed by atoms with Crippen molar-refractivity contribution in [3.63, 3.8) is 0 Å². The van der Waals surface area contributed by atoms with Gasteiger partial charge >= 0.3 is 5.69 Å². The number of carbonyl (C=O) groups excluding carboxylic acids is 1. The van der Waals surface area contributed by atoms with E-state index in [2.05, 4.69) is 5.32 Å². The van der Waals surface area contributed by atoms with Gasteiger partial charge in [-0.3, -0.25) is 19.1 Å². The Morgan fingerprint density at radius 1 is 1.60 bits per heavy atom. The molecule has 0 radical (unpaired) electrons. The first-order chi connectivity index (χ1) is 9.47. The van der Waals surface area contributed by atoms with Crippen LogP contribution in [-0.2, 0) is 4.74 Å². The number of hydrogen-bond donors (Lipinski definition) is 4. The molecule has 0 spiro atoms. The molecule has 4 N–H and O–H groups in total. The van der Waals surface area contributed by atoms with Crippen LogP contribution < -0.4 is 16.6 Å². The summed E-state index contributed by atoms with van der Waals surface area (Å²) in [6, 6.07) is 0. The third kappa shape index (κ3) is 2.50. The monoisotopic (exact) mass is 285 g/mol. The van der Waals surface area contributed by atoms with Gasteiger partial charge in [0.25, 0.3) is 11.5 Å². The lowest BCUT2D eigenvalue weighted by atomic mass is 10.2. The van der Waals surface area contributed by atoms with E-state index in [0.29, 0.717) is 0 Å². The molecule has 0 aliphatic carbocycles. The van der Waals surface area contributed by atoms with Crippen molar-refractivity contribution in [2.45, 2.75) is 24.9 Å². The van der Waals surface area contributed by atoms with Crippen LogP contribution in [0.4, 0.5) is 0 Å². The number of aliphatic hydroxyl groups excluding tert-OH is 2. The van der Waals surface area contributed by atoms with Crippen LogP contribution in [0, 0.1) is 0 Å². The number of carbonyl (C=O) groups is 1. The van der Waals surface area contributed by atoms with Gasteiger partial charge in [-0.1, -0.05) is 0 Å². The number of H-pyrrole nitrogens is 1. The van der Waals surface area contributed by atoms with Crippen molar-refractivity contribution in [3.05, 3.63) is 32.6 Å². The molecule has 1 amide bonds. The molecule has 1 aliphatic heterocycles. The molecule has 9 heteroatoms. The van der Waals surface area contributed by atoms with Gasteiger partial charge in [-0.15, -0.1) is 0 Å². The minimum Gasteiger partial charge on any atom is -0.394 e. The van der Waals surface area contributed by atoms with E-state index >= 15 is 0 Å². The van der Waals surface area contributed by atoms with E-state index in [1.807, 2.05) is 4.98 Å². The third-order valence-corrected chi connectivity index (χ3v) is 3.13. The summed E-state index contributed by atoms with van der Waals surface area (Å²) in [5.74, 6) is -0.641. The average molecular weight is 285 g/mol. The summed E-state index contributed by atoms with van der Waals surface area (Å²) in [5, 5.41) is 20.9. The van der Waals surface area contributed by atoms with E-state index < -0.39 is 42.2 Å². The number of hydrogen-bond acceptors (Lipinski definition) is 6. The Morgan fingerprint density at radius 2 is 2.30 bits per heavy atom. The standard InChI is InChI=1S/C11H15N3O6/c1-12-9(17)5-3-14(11(19)13-10(5)18)8-2-6(16)7(4-15)20-8/h3,6-8,15-16H,2,4H2,1H3,(H,12,17)(H,13,18,19)/t6?,7-,8-/m1/s1. The minimum atomic E-state index is -0.924. The summed E-state index contributed by atoms with van der Waals surface area (Å²) < 4.78 is 6.33. The second-order valence-electron chi connectivity index (χ2n) is 4.40. The van der Waals surface area contributed by atoms with E-state index in [9.17, 15) is 19.5 Å². The molecule has 1 aromatic heterocycles. The molecule has 1 aromatic rings. The maximum Gasteiger partial charge on any atom is 0.330 e. The van der Waals surface area contributed by atoms with Crippen LogP contribution >= 0.6 is 0 Å². The lowest BCUT2D eigenvalue weighted by Crippen LogP contribution is -2.37. The third-order valence-electron chi connectivity index (χ3n) is 3.13. The van der Waals surface area contributed by atoms with E-state index in [0.717, 1.165) is 10.8 Å². The minimum absolute atomic E-state index is 0.0738. The second kappa shape index (κ2) is 5.57. The quantitative estimate of drug-likeness (QED) is 0.486. The zero-order chi connectivity index (χ0) is 14.9. The van der Waals surface area contributed by atoms with Crippen molar-refractivity contribution >= 4 is 5.91 Å². The van der Waals surface area contributed by atoms with Crippen molar-refractivity contribution < 1.29 is 19.7 Å². The van der Waals surface area contributed by atoms with Crippen LogP contribution in [0.5, 0.6) is 0 Å². The number of aliphatic hydroxyl groups is 2.